The third-order valence-corrected chi connectivity index (χ3v) is 3.61. The molecule has 15 heavy (non-hydrogen) atoms. The zero-order valence-corrected chi connectivity index (χ0v) is 10.5. The van der Waals surface area contributed by atoms with E-state index in [1.807, 2.05) is 13.8 Å². The van der Waals surface area contributed by atoms with Crippen molar-refractivity contribution in [3.8, 4) is 0 Å². The van der Waals surface area contributed by atoms with Crippen molar-refractivity contribution in [1.29, 1.82) is 0 Å². The van der Waals surface area contributed by atoms with Crippen LogP contribution < -0.4 is 0 Å². The molecule has 1 heterocycles. The van der Waals surface area contributed by atoms with Crippen molar-refractivity contribution in [2.75, 3.05) is 12.4 Å². The standard InChI is InChI=1S/C11H18ClNO2/c1-10(2)5-6-13(8(10)14)9(15)11(3,4)7-12/h5-7H2,1-4H3. The van der Waals surface area contributed by atoms with Gasteiger partial charge in [0, 0.05) is 17.8 Å². The van der Waals surface area contributed by atoms with Crippen LogP contribution in [0.15, 0.2) is 0 Å². The number of hydrogen-bond donors (Lipinski definition) is 0. The maximum absolute atomic E-state index is 12.0. The Morgan fingerprint density at radius 3 is 2.40 bits per heavy atom. The highest BCUT2D eigenvalue weighted by Gasteiger charge is 2.45. The predicted molar refractivity (Wildman–Crippen MR) is 59.6 cm³/mol. The molecule has 0 radical (unpaired) electrons. The Hall–Kier alpha value is -0.570. The number of nitrogens with zero attached hydrogens (tertiary/aromatic N) is 1. The molecule has 1 aliphatic heterocycles. The molecule has 0 aromatic heterocycles. The molecule has 1 rings (SSSR count). The second kappa shape index (κ2) is 3.78. The molecule has 0 N–H and O–H groups in total. The van der Waals surface area contributed by atoms with Crippen molar-refractivity contribution in [2.24, 2.45) is 10.8 Å². The maximum Gasteiger partial charge on any atom is 0.236 e. The van der Waals surface area contributed by atoms with E-state index in [-0.39, 0.29) is 17.7 Å². The van der Waals surface area contributed by atoms with Gasteiger partial charge in [0.1, 0.15) is 0 Å². The van der Waals surface area contributed by atoms with Gasteiger partial charge in [0.05, 0.1) is 5.41 Å². The molecule has 0 aliphatic carbocycles. The molecule has 0 aromatic carbocycles. The van der Waals surface area contributed by atoms with Crippen molar-refractivity contribution < 1.29 is 9.59 Å². The zero-order valence-electron chi connectivity index (χ0n) is 9.76. The number of carbonyl (C=O) groups excluding carboxylic acids is 2. The number of amides is 2. The van der Waals surface area contributed by atoms with Gasteiger partial charge in [-0.1, -0.05) is 13.8 Å². The fraction of sp³-hybridized carbons (Fsp3) is 0.818. The minimum absolute atomic E-state index is 0.0781. The molecule has 3 nitrogen and oxygen atoms in total. The SMILES string of the molecule is CC(C)(CCl)C(=O)N1CCC(C)(C)C1=O. The first kappa shape index (κ1) is 12.5. The van der Waals surface area contributed by atoms with Crippen LogP contribution in [-0.2, 0) is 9.59 Å². The summed E-state index contributed by atoms with van der Waals surface area (Å²) in [4.78, 5) is 25.3. The topological polar surface area (TPSA) is 37.4 Å². The van der Waals surface area contributed by atoms with Crippen LogP contribution in [0.3, 0.4) is 0 Å². The summed E-state index contributed by atoms with van der Waals surface area (Å²) in [5.41, 5.74) is -1.06. The molecule has 86 valence electrons. The molecule has 0 unspecified atom stereocenters. The van der Waals surface area contributed by atoms with Crippen LogP contribution in [0.5, 0.6) is 0 Å². The number of alkyl halides is 1. The zero-order chi connectivity index (χ0) is 11.9. The molecular weight excluding hydrogens is 214 g/mol. The molecule has 0 bridgehead atoms. The number of rotatable bonds is 2. The highest BCUT2D eigenvalue weighted by atomic mass is 35.5. The lowest BCUT2D eigenvalue weighted by Gasteiger charge is -2.27. The Morgan fingerprint density at radius 2 is 2.07 bits per heavy atom. The van der Waals surface area contributed by atoms with E-state index < -0.39 is 10.8 Å². The van der Waals surface area contributed by atoms with Crippen LogP contribution in [0.1, 0.15) is 34.1 Å². The van der Waals surface area contributed by atoms with Gasteiger partial charge in [-0.3, -0.25) is 14.5 Å². The summed E-state index contributed by atoms with van der Waals surface area (Å²) in [5, 5.41) is 0. The second-order valence-corrected chi connectivity index (χ2v) is 5.68. The van der Waals surface area contributed by atoms with Gasteiger partial charge >= 0.3 is 0 Å². The predicted octanol–water partition coefficient (Wildman–Crippen LogP) is 2.04. The molecule has 1 fully saturated rings. The van der Waals surface area contributed by atoms with E-state index in [0.717, 1.165) is 6.42 Å². The van der Waals surface area contributed by atoms with Gasteiger partial charge < -0.3 is 0 Å². The van der Waals surface area contributed by atoms with E-state index in [2.05, 4.69) is 0 Å². The molecule has 0 aromatic rings. The summed E-state index contributed by atoms with van der Waals surface area (Å²) in [6.07, 6.45) is 0.732. The van der Waals surface area contributed by atoms with Gasteiger partial charge in [0.15, 0.2) is 0 Å². The van der Waals surface area contributed by atoms with E-state index >= 15 is 0 Å². The lowest BCUT2D eigenvalue weighted by atomic mass is 9.91. The van der Waals surface area contributed by atoms with Gasteiger partial charge in [0.25, 0.3) is 0 Å². The summed E-state index contributed by atoms with van der Waals surface area (Å²) in [7, 11) is 0. The smallest absolute Gasteiger partial charge is 0.236 e. The first-order chi connectivity index (χ1) is 6.72. The highest BCUT2D eigenvalue weighted by molar-refractivity contribution is 6.20. The Bertz CT molecular complexity index is 297. The average molecular weight is 232 g/mol. The summed E-state index contributed by atoms with van der Waals surface area (Å²) < 4.78 is 0. The minimum atomic E-state index is -0.655. The van der Waals surface area contributed by atoms with E-state index in [0.29, 0.717) is 6.54 Å². The summed E-state index contributed by atoms with van der Waals surface area (Å²) in [5.74, 6) is -0.00507. The molecule has 0 spiro atoms. The molecule has 0 saturated carbocycles. The van der Waals surface area contributed by atoms with Crippen LogP contribution in [0.4, 0.5) is 0 Å². The first-order valence-electron chi connectivity index (χ1n) is 5.15. The van der Waals surface area contributed by atoms with E-state index in [4.69, 9.17) is 11.6 Å². The Labute approximate surface area is 95.8 Å². The Morgan fingerprint density at radius 1 is 1.53 bits per heavy atom. The molecule has 4 heteroatoms. The third-order valence-electron chi connectivity index (χ3n) is 2.94. The van der Waals surface area contributed by atoms with E-state index in [1.165, 1.54) is 4.90 Å². The number of imide groups is 1. The summed E-state index contributed by atoms with van der Waals surface area (Å²) in [6.45, 7) is 7.79. The van der Waals surface area contributed by atoms with Crippen LogP contribution in [0, 0.1) is 10.8 Å². The van der Waals surface area contributed by atoms with Crippen LogP contribution in [-0.4, -0.2) is 29.1 Å². The normalized spacial score (nSPS) is 20.9. The number of likely N-dealkylation sites (tertiary alicyclic amines) is 1. The summed E-state index contributed by atoms with van der Waals surface area (Å²) >= 11 is 5.73. The molecule has 1 saturated heterocycles. The van der Waals surface area contributed by atoms with Gasteiger partial charge in [-0.05, 0) is 20.3 Å². The van der Waals surface area contributed by atoms with Gasteiger partial charge in [0.2, 0.25) is 11.8 Å². The Kier molecular flexibility index (Phi) is 3.15. The maximum atomic E-state index is 12.0. The van der Waals surface area contributed by atoms with Crippen molar-refractivity contribution in [3.63, 3.8) is 0 Å². The van der Waals surface area contributed by atoms with Crippen molar-refractivity contribution in [1.82, 2.24) is 4.90 Å². The molecule has 1 aliphatic rings. The molecule has 0 atom stereocenters. The lowest BCUT2D eigenvalue weighted by molar-refractivity contribution is -0.150. The van der Waals surface area contributed by atoms with Crippen LogP contribution >= 0.6 is 11.6 Å². The highest BCUT2D eigenvalue weighted by Crippen LogP contribution is 2.33. The number of carbonyl (C=O) groups is 2. The van der Waals surface area contributed by atoms with Crippen molar-refractivity contribution >= 4 is 23.4 Å². The largest absolute Gasteiger partial charge is 0.282 e. The van der Waals surface area contributed by atoms with Gasteiger partial charge in [-0.2, -0.15) is 0 Å². The molecular formula is C11H18ClNO2. The Balaban J connectivity index is 2.85. The fourth-order valence-corrected chi connectivity index (χ4v) is 1.70. The van der Waals surface area contributed by atoms with Crippen LogP contribution in [0.25, 0.3) is 0 Å². The minimum Gasteiger partial charge on any atom is -0.282 e. The lowest BCUT2D eigenvalue weighted by Crippen LogP contribution is -2.44. The second-order valence-electron chi connectivity index (χ2n) is 5.41. The molecule has 2 amide bonds. The van der Waals surface area contributed by atoms with Crippen molar-refractivity contribution in [3.05, 3.63) is 0 Å². The fourth-order valence-electron chi connectivity index (χ4n) is 1.58. The average Bonchev–Trinajstić information content (AvgIpc) is 2.41. The van der Waals surface area contributed by atoms with Crippen molar-refractivity contribution in [2.45, 2.75) is 34.1 Å². The number of halogens is 1. The van der Waals surface area contributed by atoms with Crippen LogP contribution in [0.2, 0.25) is 0 Å². The van der Waals surface area contributed by atoms with E-state index in [1.54, 1.807) is 13.8 Å². The first-order valence-corrected chi connectivity index (χ1v) is 5.68. The monoisotopic (exact) mass is 231 g/mol. The third kappa shape index (κ3) is 2.17. The quantitative estimate of drug-likeness (QED) is 0.682. The summed E-state index contributed by atoms with van der Waals surface area (Å²) in [6, 6.07) is 0. The van der Waals surface area contributed by atoms with Gasteiger partial charge in [-0.25, -0.2) is 0 Å². The van der Waals surface area contributed by atoms with Gasteiger partial charge in [-0.15, -0.1) is 11.6 Å². The number of hydrogen-bond acceptors (Lipinski definition) is 2. The van der Waals surface area contributed by atoms with E-state index in [9.17, 15) is 9.59 Å².